The van der Waals surface area contributed by atoms with Crippen LogP contribution in [0.4, 0.5) is 5.82 Å². The standard InChI is InChI=1S/C26H30N4O4/c1-18-4-6-21(7-5-18)34-26-24(27-12-13-28-26)30-14-10-19(11-15-30)25(31)29-17-20-16-22(32-2)8-9-23(20)33-3/h4-9,12-13,16,19H,10-11,14-15,17H2,1-3H3,(H,29,31). The van der Waals surface area contributed by atoms with Crippen molar-refractivity contribution < 1.29 is 19.0 Å². The smallest absolute Gasteiger partial charge is 0.263 e. The van der Waals surface area contributed by atoms with Crippen molar-refractivity contribution in [1.29, 1.82) is 0 Å². The zero-order valence-electron chi connectivity index (χ0n) is 19.8. The Balaban J connectivity index is 1.35. The predicted molar refractivity (Wildman–Crippen MR) is 130 cm³/mol. The van der Waals surface area contributed by atoms with Gasteiger partial charge in [-0.3, -0.25) is 4.79 Å². The first-order chi connectivity index (χ1) is 16.6. The molecule has 0 unspecified atom stereocenters. The fourth-order valence-corrected chi connectivity index (χ4v) is 4.02. The van der Waals surface area contributed by atoms with Crippen molar-refractivity contribution in [2.75, 3.05) is 32.2 Å². The number of aromatic nitrogens is 2. The molecule has 8 nitrogen and oxygen atoms in total. The van der Waals surface area contributed by atoms with E-state index < -0.39 is 0 Å². The number of nitrogens with one attached hydrogen (secondary N) is 1. The molecular formula is C26H30N4O4. The molecule has 1 fully saturated rings. The van der Waals surface area contributed by atoms with Crippen LogP contribution >= 0.6 is 0 Å². The summed E-state index contributed by atoms with van der Waals surface area (Å²) in [4.78, 5) is 23.9. The number of aryl methyl sites for hydroxylation is 1. The Bertz CT molecular complexity index is 1110. The normalized spacial score (nSPS) is 13.9. The first kappa shape index (κ1) is 23.4. The molecule has 34 heavy (non-hydrogen) atoms. The summed E-state index contributed by atoms with van der Waals surface area (Å²) < 4.78 is 16.7. The van der Waals surface area contributed by atoms with Crippen molar-refractivity contribution >= 4 is 11.7 Å². The number of rotatable bonds is 8. The number of carbonyl (C=O) groups excluding carboxylic acids is 1. The molecule has 2 aromatic carbocycles. The van der Waals surface area contributed by atoms with E-state index in [2.05, 4.69) is 20.2 Å². The Morgan fingerprint density at radius 1 is 1.00 bits per heavy atom. The minimum atomic E-state index is -0.0639. The molecule has 1 aliphatic heterocycles. The molecular weight excluding hydrogens is 432 g/mol. The summed E-state index contributed by atoms with van der Waals surface area (Å²) in [5, 5.41) is 3.05. The van der Waals surface area contributed by atoms with Crippen molar-refractivity contribution in [3.8, 4) is 23.1 Å². The third kappa shape index (κ3) is 5.57. The lowest BCUT2D eigenvalue weighted by Gasteiger charge is -2.32. The van der Waals surface area contributed by atoms with Gasteiger partial charge < -0.3 is 24.4 Å². The Hall–Kier alpha value is -3.81. The van der Waals surface area contributed by atoms with Gasteiger partial charge >= 0.3 is 0 Å². The Labute approximate surface area is 199 Å². The van der Waals surface area contributed by atoms with Crippen LogP contribution in [-0.2, 0) is 11.3 Å². The van der Waals surface area contributed by atoms with Crippen molar-refractivity contribution in [2.24, 2.45) is 5.92 Å². The molecule has 1 N–H and O–H groups in total. The van der Waals surface area contributed by atoms with E-state index in [4.69, 9.17) is 14.2 Å². The third-order valence-electron chi connectivity index (χ3n) is 5.99. The summed E-state index contributed by atoms with van der Waals surface area (Å²) in [6.07, 6.45) is 4.74. The topological polar surface area (TPSA) is 85.8 Å². The molecule has 8 heteroatoms. The minimum Gasteiger partial charge on any atom is -0.497 e. The van der Waals surface area contributed by atoms with Gasteiger partial charge in [-0.05, 0) is 50.1 Å². The second-order valence-corrected chi connectivity index (χ2v) is 8.26. The summed E-state index contributed by atoms with van der Waals surface area (Å²) in [6.45, 7) is 3.82. The number of piperidine rings is 1. The molecule has 1 aliphatic rings. The quantitative estimate of drug-likeness (QED) is 0.539. The maximum Gasteiger partial charge on any atom is 0.263 e. The average Bonchev–Trinajstić information content (AvgIpc) is 2.89. The number of benzene rings is 2. The number of amides is 1. The molecule has 1 aromatic heterocycles. The lowest BCUT2D eigenvalue weighted by molar-refractivity contribution is -0.125. The molecule has 2 heterocycles. The van der Waals surface area contributed by atoms with Crippen LogP contribution < -0.4 is 24.4 Å². The summed E-state index contributed by atoms with van der Waals surface area (Å²) in [6, 6.07) is 13.4. The summed E-state index contributed by atoms with van der Waals surface area (Å²) in [7, 11) is 3.23. The second kappa shape index (κ2) is 10.9. The van der Waals surface area contributed by atoms with E-state index in [0.29, 0.717) is 31.3 Å². The summed E-state index contributed by atoms with van der Waals surface area (Å²) in [5.74, 6) is 3.31. The van der Waals surface area contributed by atoms with Crippen molar-refractivity contribution in [3.05, 3.63) is 66.0 Å². The minimum absolute atomic E-state index is 0.0415. The molecule has 0 radical (unpaired) electrons. The van der Waals surface area contributed by atoms with Gasteiger partial charge in [-0.15, -0.1) is 0 Å². The van der Waals surface area contributed by atoms with Crippen LogP contribution in [0.25, 0.3) is 0 Å². The molecule has 0 spiro atoms. The summed E-state index contributed by atoms with van der Waals surface area (Å²) >= 11 is 0. The van der Waals surface area contributed by atoms with Crippen LogP contribution in [0.2, 0.25) is 0 Å². The number of hydrogen-bond donors (Lipinski definition) is 1. The second-order valence-electron chi connectivity index (χ2n) is 8.26. The van der Waals surface area contributed by atoms with Gasteiger partial charge in [-0.2, -0.15) is 0 Å². The molecule has 4 rings (SSSR count). The SMILES string of the molecule is COc1ccc(OC)c(CNC(=O)C2CCN(c3nccnc3Oc3ccc(C)cc3)CC2)c1. The van der Waals surface area contributed by atoms with Gasteiger partial charge in [0.15, 0.2) is 5.82 Å². The van der Waals surface area contributed by atoms with Crippen LogP contribution in [0.1, 0.15) is 24.0 Å². The van der Waals surface area contributed by atoms with Crippen molar-refractivity contribution in [1.82, 2.24) is 15.3 Å². The van der Waals surface area contributed by atoms with E-state index in [1.165, 1.54) is 0 Å². The van der Waals surface area contributed by atoms with Crippen molar-refractivity contribution in [3.63, 3.8) is 0 Å². The zero-order valence-corrected chi connectivity index (χ0v) is 19.8. The number of nitrogens with zero attached hydrogens (tertiary/aromatic N) is 3. The highest BCUT2D eigenvalue weighted by atomic mass is 16.5. The predicted octanol–water partition coefficient (Wildman–Crippen LogP) is 4.13. The van der Waals surface area contributed by atoms with E-state index in [1.54, 1.807) is 26.6 Å². The average molecular weight is 463 g/mol. The zero-order chi connectivity index (χ0) is 23.9. The Kier molecular flexibility index (Phi) is 7.47. The lowest BCUT2D eigenvalue weighted by Crippen LogP contribution is -2.40. The first-order valence-corrected chi connectivity index (χ1v) is 11.4. The largest absolute Gasteiger partial charge is 0.497 e. The van der Waals surface area contributed by atoms with Gasteiger partial charge in [0.1, 0.15) is 17.2 Å². The molecule has 1 amide bonds. The highest BCUT2D eigenvalue weighted by Crippen LogP contribution is 2.31. The maximum atomic E-state index is 12.8. The number of anilines is 1. The van der Waals surface area contributed by atoms with Crippen LogP contribution in [-0.4, -0.2) is 43.2 Å². The van der Waals surface area contributed by atoms with Gasteiger partial charge in [0.05, 0.1) is 14.2 Å². The first-order valence-electron chi connectivity index (χ1n) is 11.4. The van der Waals surface area contributed by atoms with Crippen LogP contribution in [0.3, 0.4) is 0 Å². The maximum absolute atomic E-state index is 12.8. The molecule has 0 saturated carbocycles. The van der Waals surface area contributed by atoms with Crippen LogP contribution in [0, 0.1) is 12.8 Å². The van der Waals surface area contributed by atoms with E-state index in [-0.39, 0.29) is 11.8 Å². The van der Waals surface area contributed by atoms with E-state index >= 15 is 0 Å². The molecule has 0 bridgehead atoms. The Morgan fingerprint density at radius 3 is 2.41 bits per heavy atom. The van der Waals surface area contributed by atoms with E-state index in [9.17, 15) is 4.79 Å². The van der Waals surface area contributed by atoms with Gasteiger partial charge in [-0.1, -0.05) is 17.7 Å². The molecule has 1 saturated heterocycles. The lowest BCUT2D eigenvalue weighted by atomic mass is 9.96. The highest BCUT2D eigenvalue weighted by Gasteiger charge is 2.27. The van der Waals surface area contributed by atoms with Gasteiger partial charge in [0, 0.05) is 43.5 Å². The third-order valence-corrected chi connectivity index (χ3v) is 5.99. The number of carbonyl (C=O) groups is 1. The van der Waals surface area contributed by atoms with Gasteiger partial charge in [0.2, 0.25) is 5.91 Å². The number of methoxy groups -OCH3 is 2. The fourth-order valence-electron chi connectivity index (χ4n) is 4.02. The fraction of sp³-hybridized carbons (Fsp3) is 0.346. The van der Waals surface area contributed by atoms with Crippen LogP contribution in [0.15, 0.2) is 54.9 Å². The molecule has 3 aromatic rings. The molecule has 178 valence electrons. The Morgan fingerprint density at radius 2 is 1.71 bits per heavy atom. The van der Waals surface area contributed by atoms with Crippen LogP contribution in [0.5, 0.6) is 23.1 Å². The highest BCUT2D eigenvalue weighted by molar-refractivity contribution is 5.79. The van der Waals surface area contributed by atoms with E-state index in [1.807, 2.05) is 49.4 Å². The van der Waals surface area contributed by atoms with Gasteiger partial charge in [-0.25, -0.2) is 9.97 Å². The summed E-state index contributed by atoms with van der Waals surface area (Å²) in [5.41, 5.74) is 2.04. The van der Waals surface area contributed by atoms with Gasteiger partial charge in [0.25, 0.3) is 5.88 Å². The van der Waals surface area contributed by atoms with E-state index in [0.717, 1.165) is 41.2 Å². The molecule has 0 aliphatic carbocycles. The monoisotopic (exact) mass is 462 g/mol. The molecule has 0 atom stereocenters. The number of hydrogen-bond acceptors (Lipinski definition) is 7. The van der Waals surface area contributed by atoms with Crippen molar-refractivity contribution in [2.45, 2.75) is 26.3 Å². The number of ether oxygens (including phenoxy) is 3.